The van der Waals surface area contributed by atoms with Gasteiger partial charge in [0.15, 0.2) is 0 Å². The highest BCUT2D eigenvalue weighted by Gasteiger charge is 2.26. The average molecular weight is 443 g/mol. The molecule has 0 radical (unpaired) electrons. The molecule has 0 saturated carbocycles. The molecule has 3 aromatic rings. The summed E-state index contributed by atoms with van der Waals surface area (Å²) in [5.41, 5.74) is 2.89. The number of carbonyl (C=O) groups is 1. The summed E-state index contributed by atoms with van der Waals surface area (Å²) in [6, 6.07) is 20.9. The molecule has 0 aliphatic heterocycles. The van der Waals surface area contributed by atoms with E-state index in [1.54, 1.807) is 42.3 Å². The van der Waals surface area contributed by atoms with Crippen molar-refractivity contribution in [3.63, 3.8) is 0 Å². The van der Waals surface area contributed by atoms with E-state index in [0.29, 0.717) is 12.2 Å². The van der Waals surface area contributed by atoms with Gasteiger partial charge in [-0.1, -0.05) is 59.6 Å². The fraction of sp³-hybridized carbons (Fsp3) is 0.174. The number of hydrogen-bond acceptors (Lipinski definition) is 3. The molecule has 1 amide bonds. The Balaban J connectivity index is 1.88. The quantitative estimate of drug-likeness (QED) is 0.553. The fourth-order valence-electron chi connectivity index (χ4n) is 3.02. The number of sulfonamides is 1. The molecule has 0 N–H and O–H groups in total. The maximum atomic E-state index is 13.1. The molecule has 0 aliphatic rings. The van der Waals surface area contributed by atoms with Gasteiger partial charge in [0.2, 0.25) is 0 Å². The van der Waals surface area contributed by atoms with E-state index in [2.05, 4.69) is 0 Å². The van der Waals surface area contributed by atoms with E-state index in [1.165, 1.54) is 25.2 Å². The molecule has 3 rings (SSSR count). The molecule has 0 bridgehead atoms. The van der Waals surface area contributed by atoms with Crippen molar-refractivity contribution in [1.82, 2.24) is 4.90 Å². The van der Waals surface area contributed by atoms with E-state index in [0.717, 1.165) is 15.4 Å². The molecule has 0 unspecified atom stereocenters. The number of aryl methyl sites for hydroxylation is 1. The molecule has 7 heteroatoms. The second kappa shape index (κ2) is 8.90. The predicted octanol–water partition coefficient (Wildman–Crippen LogP) is 4.75. The van der Waals surface area contributed by atoms with Crippen molar-refractivity contribution < 1.29 is 13.2 Å². The Labute approximate surface area is 182 Å². The zero-order chi connectivity index (χ0) is 21.9. The zero-order valence-corrected chi connectivity index (χ0v) is 18.6. The summed E-state index contributed by atoms with van der Waals surface area (Å²) in [6.45, 7) is 2.41. The van der Waals surface area contributed by atoms with Crippen LogP contribution >= 0.6 is 11.6 Å². The van der Waals surface area contributed by atoms with Crippen LogP contribution in [0.5, 0.6) is 0 Å². The van der Waals surface area contributed by atoms with E-state index < -0.39 is 10.0 Å². The summed E-state index contributed by atoms with van der Waals surface area (Å²) in [4.78, 5) is 14.4. The van der Waals surface area contributed by atoms with Gasteiger partial charge in [0.05, 0.1) is 10.7 Å². The molecular weight excluding hydrogens is 420 g/mol. The molecule has 156 valence electrons. The highest BCUT2D eigenvalue weighted by atomic mass is 35.5. The van der Waals surface area contributed by atoms with E-state index in [9.17, 15) is 13.2 Å². The average Bonchev–Trinajstić information content (AvgIpc) is 2.75. The summed E-state index contributed by atoms with van der Waals surface area (Å²) >= 11 is 6.21. The maximum absolute atomic E-state index is 13.1. The Bertz CT molecular complexity index is 1150. The Morgan fingerprint density at radius 1 is 0.933 bits per heavy atom. The number of para-hydroxylation sites is 1. The normalized spacial score (nSPS) is 11.2. The number of halogens is 1. The van der Waals surface area contributed by atoms with Crippen LogP contribution in [-0.4, -0.2) is 33.3 Å². The molecule has 3 aromatic carbocycles. The van der Waals surface area contributed by atoms with Crippen LogP contribution in [0.2, 0.25) is 5.02 Å². The summed E-state index contributed by atoms with van der Waals surface area (Å²) in [5, 5.41) is 0.0653. The number of benzene rings is 3. The van der Waals surface area contributed by atoms with Crippen molar-refractivity contribution in [2.24, 2.45) is 0 Å². The first-order valence-corrected chi connectivity index (χ1v) is 11.2. The van der Waals surface area contributed by atoms with Gasteiger partial charge in [-0.05, 0) is 42.8 Å². The van der Waals surface area contributed by atoms with Crippen molar-refractivity contribution in [1.29, 1.82) is 0 Å². The molecule has 0 saturated heterocycles. The van der Waals surface area contributed by atoms with Gasteiger partial charge in [-0.25, -0.2) is 8.42 Å². The highest BCUT2D eigenvalue weighted by Crippen LogP contribution is 2.28. The highest BCUT2D eigenvalue weighted by molar-refractivity contribution is 7.93. The van der Waals surface area contributed by atoms with Crippen LogP contribution in [0.3, 0.4) is 0 Å². The van der Waals surface area contributed by atoms with Gasteiger partial charge in [-0.3, -0.25) is 9.10 Å². The number of nitrogens with zero attached hydrogens (tertiary/aromatic N) is 2. The summed E-state index contributed by atoms with van der Waals surface area (Å²) in [5.74, 6) is -0.286. The van der Waals surface area contributed by atoms with E-state index in [4.69, 9.17) is 11.6 Å². The molecule has 0 spiro atoms. The second-order valence-corrected chi connectivity index (χ2v) is 9.44. The molecule has 30 heavy (non-hydrogen) atoms. The first-order chi connectivity index (χ1) is 14.2. The Morgan fingerprint density at radius 3 is 2.20 bits per heavy atom. The first kappa shape index (κ1) is 21.9. The minimum atomic E-state index is -3.94. The molecular formula is C23H23ClN2O3S. The third-order valence-electron chi connectivity index (χ3n) is 4.82. The van der Waals surface area contributed by atoms with Crippen molar-refractivity contribution >= 4 is 33.2 Å². The second-order valence-electron chi connectivity index (χ2n) is 7.10. The van der Waals surface area contributed by atoms with Crippen LogP contribution in [0, 0.1) is 6.92 Å². The van der Waals surface area contributed by atoms with Crippen molar-refractivity contribution in [3.8, 4) is 0 Å². The van der Waals surface area contributed by atoms with Gasteiger partial charge in [0, 0.05) is 26.2 Å². The van der Waals surface area contributed by atoms with Crippen LogP contribution in [-0.2, 0) is 16.6 Å². The number of rotatable bonds is 6. The molecule has 0 heterocycles. The molecule has 0 aliphatic carbocycles. The Hall–Kier alpha value is -2.83. The number of hydrogen-bond donors (Lipinski definition) is 0. The standard InChI is InChI=1S/C23H23ClN2O3S/c1-17-9-11-18(12-10-17)16-25(2)23(27)19-13-14-21(24)22(15-19)30(28,29)26(3)20-7-5-4-6-8-20/h4-15H,16H2,1-3H3. The van der Waals surface area contributed by atoms with Gasteiger partial charge in [-0.15, -0.1) is 0 Å². The van der Waals surface area contributed by atoms with Gasteiger partial charge in [0.25, 0.3) is 15.9 Å². The summed E-state index contributed by atoms with van der Waals surface area (Å²) in [6.07, 6.45) is 0. The third-order valence-corrected chi connectivity index (χ3v) is 7.09. The topological polar surface area (TPSA) is 57.7 Å². The van der Waals surface area contributed by atoms with Crippen LogP contribution in [0.1, 0.15) is 21.5 Å². The maximum Gasteiger partial charge on any atom is 0.265 e. The predicted molar refractivity (Wildman–Crippen MR) is 120 cm³/mol. The SMILES string of the molecule is Cc1ccc(CN(C)C(=O)c2ccc(Cl)c(S(=O)(=O)N(C)c3ccccc3)c2)cc1. The van der Waals surface area contributed by atoms with Crippen molar-refractivity contribution in [3.05, 3.63) is 94.5 Å². The van der Waals surface area contributed by atoms with Crippen molar-refractivity contribution in [2.75, 3.05) is 18.4 Å². The van der Waals surface area contributed by atoms with E-state index in [-0.39, 0.29) is 21.4 Å². The third kappa shape index (κ3) is 4.66. The van der Waals surface area contributed by atoms with Crippen molar-refractivity contribution in [2.45, 2.75) is 18.4 Å². The minimum Gasteiger partial charge on any atom is -0.337 e. The van der Waals surface area contributed by atoms with Gasteiger partial charge in [0.1, 0.15) is 4.90 Å². The van der Waals surface area contributed by atoms with Crippen LogP contribution in [0.15, 0.2) is 77.7 Å². The Kier molecular flexibility index (Phi) is 6.48. The number of amides is 1. The van der Waals surface area contributed by atoms with Crippen LogP contribution < -0.4 is 4.31 Å². The molecule has 0 aromatic heterocycles. The van der Waals surface area contributed by atoms with Crippen LogP contribution in [0.25, 0.3) is 0 Å². The number of carbonyl (C=O) groups excluding carboxylic acids is 1. The molecule has 5 nitrogen and oxygen atoms in total. The monoisotopic (exact) mass is 442 g/mol. The first-order valence-electron chi connectivity index (χ1n) is 9.34. The molecule has 0 fully saturated rings. The number of anilines is 1. The summed E-state index contributed by atoms with van der Waals surface area (Å²) < 4.78 is 27.4. The van der Waals surface area contributed by atoms with Gasteiger partial charge < -0.3 is 4.90 Å². The van der Waals surface area contributed by atoms with Crippen LogP contribution in [0.4, 0.5) is 5.69 Å². The lowest BCUT2D eigenvalue weighted by molar-refractivity contribution is 0.0785. The van der Waals surface area contributed by atoms with Gasteiger partial charge >= 0.3 is 0 Å². The van der Waals surface area contributed by atoms with E-state index >= 15 is 0 Å². The summed E-state index contributed by atoms with van der Waals surface area (Å²) in [7, 11) is -0.798. The Morgan fingerprint density at radius 2 is 1.57 bits per heavy atom. The van der Waals surface area contributed by atoms with E-state index in [1.807, 2.05) is 31.2 Å². The lowest BCUT2D eigenvalue weighted by Crippen LogP contribution is -2.28. The minimum absolute atomic E-state index is 0.0653. The van der Waals surface area contributed by atoms with Gasteiger partial charge in [-0.2, -0.15) is 0 Å². The zero-order valence-electron chi connectivity index (χ0n) is 17.0. The lowest BCUT2D eigenvalue weighted by Gasteiger charge is -2.21. The largest absolute Gasteiger partial charge is 0.337 e. The lowest BCUT2D eigenvalue weighted by atomic mass is 10.1. The fourth-order valence-corrected chi connectivity index (χ4v) is 4.71. The molecule has 0 atom stereocenters. The smallest absolute Gasteiger partial charge is 0.265 e.